The molecule has 0 unspecified atom stereocenters. The van der Waals surface area contributed by atoms with Gasteiger partial charge in [-0.2, -0.15) is 0 Å². The molecule has 2 nitrogen and oxygen atoms in total. The van der Waals surface area contributed by atoms with Gasteiger partial charge in [-0.05, 0) is 27.7 Å². The second kappa shape index (κ2) is 2.21. The van der Waals surface area contributed by atoms with Crippen LogP contribution in [0.1, 0.15) is 27.7 Å². The van der Waals surface area contributed by atoms with Crippen LogP contribution in [0.5, 0.6) is 0 Å². The van der Waals surface area contributed by atoms with Crippen LogP contribution in [0, 0.1) is 0 Å². The summed E-state index contributed by atoms with van der Waals surface area (Å²) in [4.78, 5) is 0. The van der Waals surface area contributed by atoms with Gasteiger partial charge in [0, 0.05) is 24.2 Å². The summed E-state index contributed by atoms with van der Waals surface area (Å²) in [5, 5.41) is 8.01. The Morgan fingerprint density at radius 2 is 1.80 bits per heavy atom. The third-order valence-electron chi connectivity index (χ3n) is 2.72. The fourth-order valence-electron chi connectivity index (χ4n) is 1.12. The van der Waals surface area contributed by atoms with E-state index in [0.717, 1.165) is 13.1 Å². The van der Waals surface area contributed by atoms with Gasteiger partial charge in [-0.15, -0.1) is 0 Å². The predicted octanol–water partition coefficient (Wildman–Crippen LogP) is 0.751. The molecular formula is C8H17N2. The third kappa shape index (κ3) is 1.18. The van der Waals surface area contributed by atoms with Crippen LogP contribution in [0.2, 0.25) is 0 Å². The van der Waals surface area contributed by atoms with Crippen LogP contribution < -0.4 is 10.6 Å². The first-order valence-electron chi connectivity index (χ1n) is 3.89. The van der Waals surface area contributed by atoms with Gasteiger partial charge < -0.3 is 5.32 Å². The second-order valence-electron chi connectivity index (χ2n) is 3.99. The Morgan fingerprint density at radius 3 is 2.10 bits per heavy atom. The highest BCUT2D eigenvalue weighted by Crippen LogP contribution is 2.23. The summed E-state index contributed by atoms with van der Waals surface area (Å²) in [6.45, 7) is 10.7. The van der Waals surface area contributed by atoms with Crippen LogP contribution in [-0.4, -0.2) is 24.2 Å². The molecule has 10 heavy (non-hydrogen) atoms. The first-order valence-corrected chi connectivity index (χ1v) is 3.89. The molecule has 0 spiro atoms. The van der Waals surface area contributed by atoms with Crippen molar-refractivity contribution < 1.29 is 0 Å². The van der Waals surface area contributed by atoms with Gasteiger partial charge in [0.2, 0.25) is 0 Å². The minimum absolute atomic E-state index is 0.0885. The van der Waals surface area contributed by atoms with Crippen LogP contribution in [0.3, 0.4) is 0 Å². The average molecular weight is 141 g/mol. The fraction of sp³-hybridized carbons (Fsp3) is 1.00. The maximum Gasteiger partial charge on any atom is 0.0477 e. The van der Waals surface area contributed by atoms with E-state index in [1.54, 1.807) is 0 Å². The molecule has 1 rings (SSSR count). The van der Waals surface area contributed by atoms with Gasteiger partial charge in [0.25, 0.3) is 0 Å². The Balaban J connectivity index is 2.70. The Hall–Kier alpha value is -0.0800. The molecular weight excluding hydrogens is 124 g/mol. The summed E-state index contributed by atoms with van der Waals surface area (Å²) in [6.07, 6.45) is 0. The highest BCUT2D eigenvalue weighted by molar-refractivity contribution is 5.02. The number of hydrogen-bond donors (Lipinski definition) is 1. The van der Waals surface area contributed by atoms with E-state index in [-0.39, 0.29) is 11.1 Å². The molecule has 1 aliphatic heterocycles. The summed E-state index contributed by atoms with van der Waals surface area (Å²) in [5.74, 6) is 0. The van der Waals surface area contributed by atoms with Crippen molar-refractivity contribution in [3.63, 3.8) is 0 Å². The zero-order valence-corrected chi connectivity index (χ0v) is 7.36. The van der Waals surface area contributed by atoms with E-state index >= 15 is 0 Å². The van der Waals surface area contributed by atoms with E-state index in [4.69, 9.17) is 0 Å². The normalized spacial score (nSPS) is 30.0. The van der Waals surface area contributed by atoms with Crippen LogP contribution in [0.15, 0.2) is 0 Å². The molecule has 0 aliphatic carbocycles. The molecule has 0 aromatic rings. The summed E-state index contributed by atoms with van der Waals surface area (Å²) in [5.41, 5.74) is 0.247. The lowest BCUT2D eigenvalue weighted by molar-refractivity contribution is 0.154. The van der Waals surface area contributed by atoms with Crippen LogP contribution >= 0.6 is 0 Å². The van der Waals surface area contributed by atoms with Crippen molar-refractivity contribution in [2.75, 3.05) is 13.1 Å². The monoisotopic (exact) mass is 141 g/mol. The van der Waals surface area contributed by atoms with Crippen molar-refractivity contribution in [1.29, 1.82) is 0 Å². The van der Waals surface area contributed by atoms with E-state index in [2.05, 4.69) is 38.3 Å². The average Bonchev–Trinajstić information content (AvgIpc) is 1.77. The van der Waals surface area contributed by atoms with E-state index in [9.17, 15) is 0 Å². The molecule has 0 aromatic heterocycles. The Labute approximate surface area is 63.4 Å². The lowest BCUT2D eigenvalue weighted by Gasteiger charge is -2.45. The Morgan fingerprint density at radius 1 is 1.20 bits per heavy atom. The zero-order chi connectivity index (χ0) is 7.83. The lowest BCUT2D eigenvalue weighted by atomic mass is 9.81. The van der Waals surface area contributed by atoms with Crippen molar-refractivity contribution in [2.45, 2.75) is 38.8 Å². The fourth-order valence-corrected chi connectivity index (χ4v) is 1.12. The maximum atomic E-state index is 4.55. The molecule has 1 aliphatic rings. The van der Waals surface area contributed by atoms with Gasteiger partial charge in [0.15, 0.2) is 0 Å². The number of hydrogen-bond acceptors (Lipinski definition) is 1. The Bertz CT molecular complexity index is 111. The van der Waals surface area contributed by atoms with E-state index in [1.165, 1.54) is 0 Å². The van der Waals surface area contributed by atoms with E-state index in [1.807, 2.05) is 0 Å². The summed E-state index contributed by atoms with van der Waals surface area (Å²) >= 11 is 0. The zero-order valence-electron chi connectivity index (χ0n) is 7.36. The first kappa shape index (κ1) is 8.02. The van der Waals surface area contributed by atoms with Crippen molar-refractivity contribution in [2.24, 2.45) is 0 Å². The maximum absolute atomic E-state index is 4.55. The van der Waals surface area contributed by atoms with Gasteiger partial charge in [-0.25, -0.2) is 5.32 Å². The van der Waals surface area contributed by atoms with Crippen LogP contribution in [-0.2, 0) is 0 Å². The molecule has 1 fully saturated rings. The smallest absolute Gasteiger partial charge is 0.0477 e. The van der Waals surface area contributed by atoms with E-state index in [0.29, 0.717) is 0 Å². The molecule has 0 saturated carbocycles. The molecule has 1 heterocycles. The van der Waals surface area contributed by atoms with Crippen molar-refractivity contribution in [1.82, 2.24) is 10.6 Å². The minimum Gasteiger partial charge on any atom is -0.309 e. The van der Waals surface area contributed by atoms with Crippen LogP contribution in [0.25, 0.3) is 0 Å². The standard InChI is InChI=1S/C8H17N2/c1-7(2)8(3,4)10-6-5-9-7/h9H,5-6H2,1-4H3. The lowest BCUT2D eigenvalue weighted by Crippen LogP contribution is -2.65. The number of rotatable bonds is 0. The summed E-state index contributed by atoms with van der Waals surface area (Å²) in [6, 6.07) is 0. The van der Waals surface area contributed by atoms with Crippen molar-refractivity contribution >= 4 is 0 Å². The minimum atomic E-state index is 0.0885. The first-order chi connectivity index (χ1) is 4.46. The van der Waals surface area contributed by atoms with Gasteiger partial charge >= 0.3 is 0 Å². The van der Waals surface area contributed by atoms with Crippen molar-refractivity contribution in [3.8, 4) is 0 Å². The number of nitrogens with one attached hydrogen (secondary N) is 1. The number of piperazine rings is 1. The van der Waals surface area contributed by atoms with Gasteiger partial charge in [-0.1, -0.05) is 0 Å². The summed E-state index contributed by atoms with van der Waals surface area (Å²) < 4.78 is 0. The predicted molar refractivity (Wildman–Crippen MR) is 43.2 cm³/mol. The SMILES string of the molecule is CC1(C)[N]CCNC1(C)C. The molecule has 0 aromatic carbocycles. The third-order valence-corrected chi connectivity index (χ3v) is 2.72. The molecule has 1 radical (unpaired) electrons. The number of nitrogens with zero attached hydrogens (tertiary/aromatic N) is 1. The largest absolute Gasteiger partial charge is 0.309 e. The molecule has 0 bridgehead atoms. The topological polar surface area (TPSA) is 26.1 Å². The Kier molecular flexibility index (Phi) is 1.77. The summed E-state index contributed by atoms with van der Waals surface area (Å²) in [7, 11) is 0. The molecule has 0 atom stereocenters. The highest BCUT2D eigenvalue weighted by Gasteiger charge is 2.39. The van der Waals surface area contributed by atoms with Gasteiger partial charge in [0.1, 0.15) is 0 Å². The quantitative estimate of drug-likeness (QED) is 0.529. The van der Waals surface area contributed by atoms with E-state index < -0.39 is 0 Å². The highest BCUT2D eigenvalue weighted by atomic mass is 15.1. The molecule has 1 N–H and O–H groups in total. The molecule has 0 amide bonds. The molecule has 1 saturated heterocycles. The molecule has 59 valence electrons. The van der Waals surface area contributed by atoms with Gasteiger partial charge in [-0.3, -0.25) is 0 Å². The van der Waals surface area contributed by atoms with Crippen molar-refractivity contribution in [3.05, 3.63) is 0 Å². The molecule has 2 heteroatoms. The van der Waals surface area contributed by atoms with Crippen LogP contribution in [0.4, 0.5) is 0 Å². The van der Waals surface area contributed by atoms with Gasteiger partial charge in [0.05, 0.1) is 0 Å². The second-order valence-corrected chi connectivity index (χ2v) is 3.99.